The monoisotopic (exact) mass is 286 g/mol. The largest absolute Gasteiger partial charge is 0.352 e. The van der Waals surface area contributed by atoms with E-state index in [2.05, 4.69) is 16.9 Å². The van der Waals surface area contributed by atoms with Gasteiger partial charge in [-0.25, -0.2) is 4.98 Å². The number of thioether (sulfide) groups is 1. The zero-order valence-electron chi connectivity index (χ0n) is 11.8. The van der Waals surface area contributed by atoms with Gasteiger partial charge in [-0.3, -0.25) is 4.79 Å². The molecule has 1 heterocycles. The van der Waals surface area contributed by atoms with Crippen molar-refractivity contribution in [3.63, 3.8) is 0 Å². The molecule has 0 unspecified atom stereocenters. The van der Waals surface area contributed by atoms with Gasteiger partial charge in [0.05, 0.1) is 5.75 Å². The van der Waals surface area contributed by atoms with E-state index in [0.717, 1.165) is 18.5 Å². The smallest absolute Gasteiger partial charge is 0.251 e. The Morgan fingerprint density at radius 2 is 2.00 bits per heavy atom. The highest BCUT2D eigenvalue weighted by Crippen LogP contribution is 2.15. The predicted octanol–water partition coefficient (Wildman–Crippen LogP) is 2.21. The first-order valence-corrected chi connectivity index (χ1v) is 7.64. The zero-order chi connectivity index (χ0) is 14.1. The SMILES string of the molecule is CCCc1cc(=O)[nH]c(SCC(OCC)OCC)n1. The summed E-state index contributed by atoms with van der Waals surface area (Å²) < 4.78 is 10.9. The van der Waals surface area contributed by atoms with Crippen LogP contribution in [0, 0.1) is 0 Å². The average molecular weight is 286 g/mol. The van der Waals surface area contributed by atoms with Crippen LogP contribution in [0.15, 0.2) is 16.0 Å². The third kappa shape index (κ3) is 6.22. The lowest BCUT2D eigenvalue weighted by molar-refractivity contribution is -0.120. The third-order valence-corrected chi connectivity index (χ3v) is 3.25. The zero-order valence-corrected chi connectivity index (χ0v) is 12.6. The number of aromatic nitrogens is 2. The number of rotatable bonds is 9. The van der Waals surface area contributed by atoms with Crippen molar-refractivity contribution in [1.82, 2.24) is 9.97 Å². The van der Waals surface area contributed by atoms with Crippen LogP contribution in [0.25, 0.3) is 0 Å². The first-order chi connectivity index (χ1) is 9.19. The highest BCUT2D eigenvalue weighted by atomic mass is 32.2. The van der Waals surface area contributed by atoms with E-state index in [1.807, 2.05) is 13.8 Å². The van der Waals surface area contributed by atoms with Crippen LogP contribution in [0.5, 0.6) is 0 Å². The van der Waals surface area contributed by atoms with Crippen LogP contribution in [0.4, 0.5) is 0 Å². The number of aromatic amines is 1. The van der Waals surface area contributed by atoms with Gasteiger partial charge in [0.25, 0.3) is 5.56 Å². The molecule has 0 saturated carbocycles. The highest BCUT2D eigenvalue weighted by Gasteiger charge is 2.10. The third-order valence-electron chi connectivity index (χ3n) is 2.34. The van der Waals surface area contributed by atoms with Crippen molar-refractivity contribution < 1.29 is 9.47 Å². The minimum Gasteiger partial charge on any atom is -0.352 e. The molecule has 0 amide bonds. The van der Waals surface area contributed by atoms with Gasteiger partial charge in [0, 0.05) is 25.0 Å². The maximum Gasteiger partial charge on any atom is 0.251 e. The molecule has 0 bridgehead atoms. The van der Waals surface area contributed by atoms with Gasteiger partial charge >= 0.3 is 0 Å². The van der Waals surface area contributed by atoms with E-state index in [9.17, 15) is 4.79 Å². The molecule has 0 aliphatic carbocycles. The van der Waals surface area contributed by atoms with Crippen LogP contribution in [0.1, 0.15) is 32.9 Å². The van der Waals surface area contributed by atoms with Crippen LogP contribution in [0.3, 0.4) is 0 Å². The predicted molar refractivity (Wildman–Crippen MR) is 76.6 cm³/mol. The Hall–Kier alpha value is -0.850. The summed E-state index contributed by atoms with van der Waals surface area (Å²) in [5, 5.41) is 0.625. The average Bonchev–Trinajstić information content (AvgIpc) is 2.36. The fourth-order valence-electron chi connectivity index (χ4n) is 1.60. The second-order valence-corrected chi connectivity index (χ2v) is 4.95. The summed E-state index contributed by atoms with van der Waals surface area (Å²) in [5.74, 6) is 0.611. The number of ether oxygens (including phenoxy) is 2. The van der Waals surface area contributed by atoms with Crippen LogP contribution in [-0.2, 0) is 15.9 Å². The van der Waals surface area contributed by atoms with E-state index in [-0.39, 0.29) is 11.8 Å². The minimum absolute atomic E-state index is 0.106. The van der Waals surface area contributed by atoms with Gasteiger partial charge in [-0.05, 0) is 20.3 Å². The summed E-state index contributed by atoms with van der Waals surface area (Å²) in [6, 6.07) is 1.55. The first-order valence-electron chi connectivity index (χ1n) is 6.65. The Balaban J connectivity index is 2.62. The molecule has 108 valence electrons. The van der Waals surface area contributed by atoms with Crippen LogP contribution >= 0.6 is 11.8 Å². The molecule has 6 heteroatoms. The number of aryl methyl sites for hydroxylation is 1. The molecule has 0 aliphatic rings. The Morgan fingerprint density at radius 1 is 1.32 bits per heavy atom. The van der Waals surface area contributed by atoms with Gasteiger partial charge in [0.2, 0.25) is 0 Å². The Morgan fingerprint density at radius 3 is 2.58 bits per heavy atom. The molecule has 0 atom stereocenters. The van der Waals surface area contributed by atoms with E-state index >= 15 is 0 Å². The summed E-state index contributed by atoms with van der Waals surface area (Å²) in [7, 11) is 0. The number of nitrogens with one attached hydrogen (secondary N) is 1. The van der Waals surface area contributed by atoms with E-state index in [0.29, 0.717) is 24.1 Å². The first kappa shape index (κ1) is 16.2. The van der Waals surface area contributed by atoms with Gasteiger partial charge in [0.15, 0.2) is 11.4 Å². The van der Waals surface area contributed by atoms with Crippen molar-refractivity contribution in [2.45, 2.75) is 45.1 Å². The van der Waals surface area contributed by atoms with Crippen molar-refractivity contribution in [2.24, 2.45) is 0 Å². The summed E-state index contributed by atoms with van der Waals surface area (Å²) in [6.45, 7) is 7.13. The Bertz CT molecular complexity index is 417. The van der Waals surface area contributed by atoms with Gasteiger partial charge in [0.1, 0.15) is 0 Å². The number of nitrogens with zero attached hydrogens (tertiary/aromatic N) is 1. The maximum absolute atomic E-state index is 11.5. The molecule has 5 nitrogen and oxygen atoms in total. The molecular formula is C13H22N2O3S. The molecule has 1 aromatic rings. The van der Waals surface area contributed by atoms with Crippen LogP contribution in [-0.4, -0.2) is 35.2 Å². The molecule has 0 radical (unpaired) electrons. The van der Waals surface area contributed by atoms with E-state index in [1.165, 1.54) is 11.8 Å². The summed E-state index contributed by atoms with van der Waals surface area (Å²) >= 11 is 1.45. The minimum atomic E-state index is -0.264. The second kappa shape index (κ2) is 9.12. The molecule has 1 aromatic heterocycles. The lowest BCUT2D eigenvalue weighted by Crippen LogP contribution is -2.20. The lowest BCUT2D eigenvalue weighted by atomic mass is 10.2. The van der Waals surface area contributed by atoms with Gasteiger partial charge in [-0.15, -0.1) is 0 Å². The molecule has 1 N–H and O–H groups in total. The highest BCUT2D eigenvalue weighted by molar-refractivity contribution is 7.99. The van der Waals surface area contributed by atoms with Gasteiger partial charge in [-0.1, -0.05) is 25.1 Å². The van der Waals surface area contributed by atoms with Gasteiger partial charge in [-0.2, -0.15) is 0 Å². The topological polar surface area (TPSA) is 64.2 Å². The molecule has 1 rings (SSSR count). The Labute approximate surface area is 118 Å². The van der Waals surface area contributed by atoms with Crippen molar-refractivity contribution in [2.75, 3.05) is 19.0 Å². The molecular weight excluding hydrogens is 264 g/mol. The molecule has 0 fully saturated rings. The molecule has 0 aromatic carbocycles. The number of hydrogen-bond acceptors (Lipinski definition) is 5. The van der Waals surface area contributed by atoms with E-state index in [4.69, 9.17) is 9.47 Å². The lowest BCUT2D eigenvalue weighted by Gasteiger charge is -2.15. The van der Waals surface area contributed by atoms with Crippen molar-refractivity contribution >= 4 is 11.8 Å². The summed E-state index contributed by atoms with van der Waals surface area (Å²) in [6.07, 6.45) is 1.53. The quantitative estimate of drug-likeness (QED) is 0.428. The Kier molecular flexibility index (Phi) is 7.78. The molecule has 0 aliphatic heterocycles. The van der Waals surface area contributed by atoms with E-state index < -0.39 is 0 Å². The number of hydrogen-bond donors (Lipinski definition) is 1. The fraction of sp³-hybridized carbons (Fsp3) is 0.692. The molecule has 0 spiro atoms. The van der Waals surface area contributed by atoms with Crippen molar-refractivity contribution in [1.29, 1.82) is 0 Å². The number of H-pyrrole nitrogens is 1. The maximum atomic E-state index is 11.5. The van der Waals surface area contributed by atoms with Crippen LogP contribution in [0.2, 0.25) is 0 Å². The van der Waals surface area contributed by atoms with Crippen molar-refractivity contribution in [3.8, 4) is 0 Å². The van der Waals surface area contributed by atoms with Crippen LogP contribution < -0.4 is 5.56 Å². The normalized spacial score (nSPS) is 11.2. The molecule has 19 heavy (non-hydrogen) atoms. The van der Waals surface area contributed by atoms with Crippen molar-refractivity contribution in [3.05, 3.63) is 22.1 Å². The van der Waals surface area contributed by atoms with E-state index in [1.54, 1.807) is 6.07 Å². The standard InChI is InChI=1S/C13H22N2O3S/c1-4-7-10-8-11(16)15-13(14-10)19-9-12(17-5-2)18-6-3/h8,12H,4-7,9H2,1-3H3,(H,14,15,16). The van der Waals surface area contributed by atoms with Gasteiger partial charge < -0.3 is 14.5 Å². The summed E-state index contributed by atoms with van der Waals surface area (Å²) in [5.41, 5.74) is 0.725. The summed E-state index contributed by atoms with van der Waals surface area (Å²) in [4.78, 5) is 18.7. The fourth-order valence-corrected chi connectivity index (χ4v) is 2.44. The molecule has 0 saturated heterocycles. The second-order valence-electron chi connectivity index (χ2n) is 3.94.